The number of alkyl halides is 1. The maximum atomic E-state index is 12.0. The molecule has 4 aliphatic carbocycles. The summed E-state index contributed by atoms with van der Waals surface area (Å²) in [5.41, 5.74) is 2.48. The third kappa shape index (κ3) is 5.14. The Bertz CT molecular complexity index is 804. The van der Waals surface area contributed by atoms with Crippen molar-refractivity contribution in [2.75, 3.05) is 5.33 Å². The molecule has 0 aliphatic heterocycles. The fourth-order valence-corrected chi connectivity index (χ4v) is 10.9. The molecule has 3 fully saturated rings. The first-order valence-electron chi connectivity index (χ1n) is 15.5. The molecule has 0 aromatic heterocycles. The number of rotatable bonds is 10. The van der Waals surface area contributed by atoms with Crippen LogP contribution in [-0.2, 0) is 4.79 Å². The summed E-state index contributed by atoms with van der Waals surface area (Å²) in [5, 5.41) is 10.7. The Hall–Kier alpha value is -0.310. The molecule has 3 saturated carbocycles. The van der Waals surface area contributed by atoms with E-state index in [4.69, 9.17) is 0 Å². The van der Waals surface area contributed by atoms with Crippen molar-refractivity contribution in [3.63, 3.8) is 0 Å². The van der Waals surface area contributed by atoms with Crippen molar-refractivity contribution in [3.05, 3.63) is 11.6 Å². The van der Waals surface area contributed by atoms with E-state index in [1.165, 1.54) is 57.8 Å². The minimum Gasteiger partial charge on any atom is -0.481 e. The van der Waals surface area contributed by atoms with Gasteiger partial charge in [0.25, 0.3) is 0 Å². The van der Waals surface area contributed by atoms with Crippen molar-refractivity contribution in [1.82, 2.24) is 0 Å². The number of halogens is 1. The fourth-order valence-electron chi connectivity index (χ4n) is 10.4. The van der Waals surface area contributed by atoms with E-state index in [1.54, 1.807) is 5.57 Å². The van der Waals surface area contributed by atoms with Crippen molar-refractivity contribution in [1.29, 1.82) is 0 Å². The molecule has 0 heterocycles. The Morgan fingerprint density at radius 1 is 1.06 bits per heavy atom. The van der Waals surface area contributed by atoms with Crippen molar-refractivity contribution in [3.8, 4) is 0 Å². The Balaban J connectivity index is 1.46. The zero-order valence-corrected chi connectivity index (χ0v) is 25.8. The first kappa shape index (κ1) is 28.7. The maximum Gasteiger partial charge on any atom is 0.306 e. The lowest BCUT2D eigenvalue weighted by atomic mass is 9.46. The van der Waals surface area contributed by atoms with Gasteiger partial charge in [-0.25, -0.2) is 0 Å². The number of fused-ring (bicyclic) bond motifs is 5. The molecule has 0 aromatic carbocycles. The van der Waals surface area contributed by atoms with Crippen LogP contribution in [0.15, 0.2) is 11.6 Å². The summed E-state index contributed by atoms with van der Waals surface area (Å²) in [4.78, 5) is 12.0. The average Bonchev–Trinajstić information content (AvgIpc) is 3.19. The van der Waals surface area contributed by atoms with Gasteiger partial charge in [0, 0.05) is 5.33 Å². The molecule has 0 spiro atoms. The van der Waals surface area contributed by atoms with Crippen LogP contribution in [0, 0.1) is 64.1 Å². The van der Waals surface area contributed by atoms with Crippen LogP contribution in [-0.4, -0.2) is 16.4 Å². The van der Waals surface area contributed by atoms with E-state index in [0.29, 0.717) is 16.7 Å². The predicted molar refractivity (Wildman–Crippen MR) is 155 cm³/mol. The second kappa shape index (κ2) is 11.4. The van der Waals surface area contributed by atoms with Crippen molar-refractivity contribution < 1.29 is 9.90 Å². The lowest BCUT2D eigenvalue weighted by Crippen LogP contribution is -2.51. The number of carboxylic acid groups (broad SMARTS) is 1. The smallest absolute Gasteiger partial charge is 0.306 e. The summed E-state index contributed by atoms with van der Waals surface area (Å²) in [6.45, 7) is 15.1. The lowest BCUT2D eigenvalue weighted by molar-refractivity contribution is -0.144. The molecule has 36 heavy (non-hydrogen) atoms. The third-order valence-electron chi connectivity index (χ3n) is 12.7. The molecule has 206 valence electrons. The van der Waals surface area contributed by atoms with Gasteiger partial charge in [0.15, 0.2) is 0 Å². The minimum atomic E-state index is -0.587. The number of hydrogen-bond donors (Lipinski definition) is 1. The lowest BCUT2D eigenvalue weighted by Gasteiger charge is -2.59. The van der Waals surface area contributed by atoms with Gasteiger partial charge in [0.2, 0.25) is 0 Å². The maximum absolute atomic E-state index is 12.0. The number of hydrogen-bond acceptors (Lipinski definition) is 1. The van der Waals surface area contributed by atoms with Crippen molar-refractivity contribution in [2.45, 2.75) is 119 Å². The first-order chi connectivity index (χ1) is 17.1. The zero-order valence-electron chi connectivity index (χ0n) is 24.2. The fraction of sp³-hybridized carbons (Fsp3) is 0.909. The van der Waals surface area contributed by atoms with Crippen molar-refractivity contribution >= 4 is 21.9 Å². The molecule has 0 saturated heterocycles. The molecule has 4 aliphatic rings. The van der Waals surface area contributed by atoms with E-state index in [2.05, 4.69) is 63.5 Å². The summed E-state index contributed by atoms with van der Waals surface area (Å²) in [7, 11) is 0. The molecule has 3 heteroatoms. The van der Waals surface area contributed by atoms with Gasteiger partial charge in [0.1, 0.15) is 0 Å². The number of carbonyl (C=O) groups is 1. The SMILES string of the molecule is CC[C@H](CC[C@@H](C)[C@H]1CC[C@H]2[C@@H]3CC=C4C[C@@H](C(CCBr)C(=O)O)CC[C@]4(C)[C@H]3CC[C@]12C)C(C)C. The Labute approximate surface area is 231 Å². The van der Waals surface area contributed by atoms with Crippen molar-refractivity contribution in [2.24, 2.45) is 64.1 Å². The van der Waals surface area contributed by atoms with Gasteiger partial charge in [-0.15, -0.1) is 0 Å². The van der Waals surface area contributed by atoms with Crippen LogP contribution in [0.5, 0.6) is 0 Å². The van der Waals surface area contributed by atoms with E-state index in [0.717, 1.165) is 66.0 Å². The Morgan fingerprint density at radius 3 is 2.44 bits per heavy atom. The quantitative estimate of drug-likeness (QED) is 0.212. The summed E-state index contributed by atoms with van der Waals surface area (Å²) < 4.78 is 0. The predicted octanol–water partition coefficient (Wildman–Crippen LogP) is 9.77. The summed E-state index contributed by atoms with van der Waals surface area (Å²) >= 11 is 3.50. The zero-order chi connectivity index (χ0) is 26.3. The van der Waals surface area contributed by atoms with E-state index in [9.17, 15) is 9.90 Å². The molecular weight excluding hydrogens is 508 g/mol. The van der Waals surface area contributed by atoms with Gasteiger partial charge in [-0.3, -0.25) is 4.79 Å². The highest BCUT2D eigenvalue weighted by Gasteiger charge is 2.59. The molecule has 0 amide bonds. The monoisotopic (exact) mass is 562 g/mol. The molecule has 0 bridgehead atoms. The molecule has 1 N–H and O–H groups in total. The van der Waals surface area contributed by atoms with Crippen LogP contribution >= 0.6 is 15.9 Å². The standard InChI is InChI=1S/C33H55BrO2/c1-7-23(21(2)3)9-8-22(4)28-12-13-29-27-11-10-25-20-24(26(16-19-34)31(35)36)14-17-32(25,5)30(27)15-18-33(28,29)6/h10,21-24,26-30H,7-9,11-20H2,1-6H3,(H,35,36)/t22-,23-,24+,26?,27+,28-,29+,30+,32+,33-/m1/s1. The number of carboxylic acids is 1. The molecule has 1 unspecified atom stereocenters. The van der Waals surface area contributed by atoms with Crippen LogP contribution in [0.25, 0.3) is 0 Å². The minimum absolute atomic E-state index is 0.192. The van der Waals surface area contributed by atoms with Crippen LogP contribution in [0.2, 0.25) is 0 Å². The van der Waals surface area contributed by atoms with Crippen LogP contribution in [0.1, 0.15) is 119 Å². The third-order valence-corrected chi connectivity index (χ3v) is 13.1. The number of allylic oxidation sites excluding steroid dienone is 2. The van der Waals surface area contributed by atoms with Gasteiger partial charge in [-0.05, 0) is 122 Å². The van der Waals surface area contributed by atoms with Gasteiger partial charge >= 0.3 is 5.97 Å². The van der Waals surface area contributed by atoms with Gasteiger partial charge in [-0.1, -0.05) is 82.0 Å². The van der Waals surface area contributed by atoms with Gasteiger partial charge < -0.3 is 5.11 Å². The van der Waals surface area contributed by atoms with E-state index in [-0.39, 0.29) is 5.92 Å². The highest BCUT2D eigenvalue weighted by molar-refractivity contribution is 9.09. The summed E-state index contributed by atoms with van der Waals surface area (Å²) in [6, 6.07) is 0. The molecule has 4 rings (SSSR count). The second-order valence-electron chi connectivity index (χ2n) is 14.4. The molecular formula is C33H55BrO2. The Kier molecular flexibility index (Phi) is 9.11. The average molecular weight is 564 g/mol. The van der Waals surface area contributed by atoms with Gasteiger partial charge in [-0.2, -0.15) is 0 Å². The Morgan fingerprint density at radius 2 is 1.81 bits per heavy atom. The van der Waals surface area contributed by atoms with Gasteiger partial charge in [0.05, 0.1) is 5.92 Å². The van der Waals surface area contributed by atoms with Crippen LogP contribution in [0.3, 0.4) is 0 Å². The largest absolute Gasteiger partial charge is 0.481 e. The van der Waals surface area contributed by atoms with E-state index in [1.807, 2.05) is 0 Å². The summed E-state index contributed by atoms with van der Waals surface area (Å²) in [5.74, 6) is 5.56. The van der Waals surface area contributed by atoms with Crippen LogP contribution < -0.4 is 0 Å². The molecule has 0 aromatic rings. The van der Waals surface area contributed by atoms with E-state index < -0.39 is 5.97 Å². The summed E-state index contributed by atoms with van der Waals surface area (Å²) in [6.07, 6.45) is 17.8. The molecule has 2 nitrogen and oxygen atoms in total. The second-order valence-corrected chi connectivity index (χ2v) is 15.2. The van der Waals surface area contributed by atoms with Crippen LogP contribution in [0.4, 0.5) is 0 Å². The normalized spacial score (nSPS) is 40.6. The first-order valence-corrected chi connectivity index (χ1v) is 16.7. The number of aliphatic carboxylic acids is 1. The topological polar surface area (TPSA) is 37.3 Å². The van der Waals surface area contributed by atoms with E-state index >= 15 is 0 Å². The molecule has 10 atom stereocenters. The highest BCUT2D eigenvalue weighted by Crippen LogP contribution is 2.67. The highest BCUT2D eigenvalue weighted by atomic mass is 79.9. The molecule has 0 radical (unpaired) electrons.